The molecule has 0 amide bonds. The molecule has 1 rings (SSSR count). The van der Waals surface area contributed by atoms with E-state index in [1.165, 1.54) is 0 Å². The van der Waals surface area contributed by atoms with Crippen molar-refractivity contribution in [2.24, 2.45) is 0 Å². The number of allylic oxidation sites excluding steroid dienone is 2. The van der Waals surface area contributed by atoms with Crippen LogP contribution in [-0.2, 0) is 13.1 Å². The molecule has 0 aliphatic rings. The van der Waals surface area contributed by atoms with Crippen LogP contribution in [0.3, 0.4) is 0 Å². The first-order chi connectivity index (χ1) is 6.36. The Morgan fingerprint density at radius 2 is 2.00 bits per heavy atom. The molecule has 0 saturated carbocycles. The zero-order valence-electron chi connectivity index (χ0n) is 7.24. The smallest absolute Gasteiger partial charge is 0.244 e. The van der Waals surface area contributed by atoms with Gasteiger partial charge in [0.25, 0.3) is 0 Å². The normalized spacial score (nSPS) is 11.7. The minimum absolute atomic E-state index is 0.645. The van der Waals surface area contributed by atoms with Gasteiger partial charge in [0.1, 0.15) is 25.5 Å². The van der Waals surface area contributed by atoms with Crippen molar-refractivity contribution in [3.05, 3.63) is 43.4 Å². The minimum Gasteiger partial charge on any atom is -0.516 e. The number of aromatic nitrogens is 2. The maximum Gasteiger partial charge on any atom is 0.244 e. The fraction of sp³-hybridized carbons (Fsp3) is 0.222. The van der Waals surface area contributed by atoms with Crippen molar-refractivity contribution in [2.75, 3.05) is 0 Å². The molecule has 0 aliphatic heterocycles. The van der Waals surface area contributed by atoms with Crippen molar-refractivity contribution < 1.29 is 14.8 Å². The molecule has 0 aliphatic carbocycles. The monoisotopic (exact) mass is 181 g/mol. The van der Waals surface area contributed by atoms with E-state index in [4.69, 9.17) is 10.2 Å². The van der Waals surface area contributed by atoms with E-state index >= 15 is 0 Å². The molecule has 0 saturated heterocycles. The molecule has 2 N–H and O–H groups in total. The second-order valence-electron chi connectivity index (χ2n) is 2.58. The van der Waals surface area contributed by atoms with Gasteiger partial charge in [-0.15, -0.1) is 0 Å². The van der Waals surface area contributed by atoms with Crippen LogP contribution in [0.1, 0.15) is 0 Å². The van der Waals surface area contributed by atoms with Crippen LogP contribution in [0.4, 0.5) is 0 Å². The van der Waals surface area contributed by atoms with Crippen LogP contribution in [0.2, 0.25) is 0 Å². The van der Waals surface area contributed by atoms with Crippen LogP contribution in [0.25, 0.3) is 0 Å². The van der Waals surface area contributed by atoms with Crippen molar-refractivity contribution in [1.29, 1.82) is 0 Å². The Balaban J connectivity index is 2.53. The molecular formula is C9H13N2O2+. The number of imidazole rings is 1. The summed E-state index contributed by atoms with van der Waals surface area (Å²) in [6.07, 6.45) is 11.0. The first kappa shape index (κ1) is 9.38. The third-order valence-corrected chi connectivity index (χ3v) is 1.59. The van der Waals surface area contributed by atoms with Crippen molar-refractivity contribution in [2.45, 2.75) is 13.1 Å². The molecule has 0 radical (unpaired) electrons. The lowest BCUT2D eigenvalue weighted by molar-refractivity contribution is -0.686. The van der Waals surface area contributed by atoms with Crippen LogP contribution in [0.15, 0.2) is 43.4 Å². The van der Waals surface area contributed by atoms with Crippen molar-refractivity contribution in [3.8, 4) is 0 Å². The van der Waals surface area contributed by atoms with Crippen LogP contribution in [-0.4, -0.2) is 14.8 Å². The zero-order valence-corrected chi connectivity index (χ0v) is 7.24. The largest absolute Gasteiger partial charge is 0.516 e. The highest BCUT2D eigenvalue weighted by molar-refractivity contribution is 4.77. The van der Waals surface area contributed by atoms with Crippen molar-refractivity contribution in [1.82, 2.24) is 4.57 Å². The van der Waals surface area contributed by atoms with E-state index in [0.717, 1.165) is 12.5 Å². The Labute approximate surface area is 76.7 Å². The maximum atomic E-state index is 8.43. The molecule has 0 unspecified atom stereocenters. The Morgan fingerprint density at radius 1 is 1.23 bits per heavy atom. The van der Waals surface area contributed by atoms with Crippen LogP contribution in [0.5, 0.6) is 0 Å². The second kappa shape index (κ2) is 5.03. The molecule has 0 fully saturated rings. The molecule has 1 aromatic rings. The Bertz CT molecular complexity index is 274. The van der Waals surface area contributed by atoms with E-state index in [2.05, 4.69) is 0 Å². The predicted octanol–water partition coefficient (Wildman–Crippen LogP) is 0.919. The molecular weight excluding hydrogens is 168 g/mol. The Morgan fingerprint density at radius 3 is 2.69 bits per heavy atom. The van der Waals surface area contributed by atoms with Crippen molar-refractivity contribution >= 4 is 0 Å². The Hall–Kier alpha value is -1.71. The minimum atomic E-state index is 0.645. The number of nitrogens with zero attached hydrogens (tertiary/aromatic N) is 2. The first-order valence-electron chi connectivity index (χ1n) is 4.00. The summed E-state index contributed by atoms with van der Waals surface area (Å²) in [7, 11) is 0. The van der Waals surface area contributed by atoms with Gasteiger partial charge in [-0.3, -0.25) is 0 Å². The summed E-state index contributed by atoms with van der Waals surface area (Å²) < 4.78 is 3.83. The average molecular weight is 181 g/mol. The quantitative estimate of drug-likeness (QED) is 0.536. The maximum absolute atomic E-state index is 8.43. The average Bonchev–Trinajstić information content (AvgIpc) is 2.59. The summed E-state index contributed by atoms with van der Waals surface area (Å²) in [6, 6.07) is 0. The molecule has 70 valence electrons. The summed E-state index contributed by atoms with van der Waals surface area (Å²) in [6.45, 7) is 1.29. The van der Waals surface area contributed by atoms with Gasteiger partial charge in [-0.25, -0.2) is 9.13 Å². The van der Waals surface area contributed by atoms with Gasteiger partial charge in [0.05, 0.1) is 12.5 Å². The lowest BCUT2D eigenvalue weighted by atomic mass is 10.6. The van der Waals surface area contributed by atoms with Gasteiger partial charge in [0.15, 0.2) is 0 Å². The van der Waals surface area contributed by atoms with Gasteiger partial charge < -0.3 is 10.2 Å². The lowest BCUT2D eigenvalue weighted by Gasteiger charge is -1.87. The molecule has 4 nitrogen and oxygen atoms in total. The molecule has 0 atom stereocenters. The standard InChI is InChI=1S/C9H12N2O2/c12-7-1-3-10-5-6-11(9-10)4-2-8-13/h1-2,5-9H,3-4H2,(H-,12,13)/p+1. The van der Waals surface area contributed by atoms with Gasteiger partial charge in [-0.1, -0.05) is 0 Å². The summed E-state index contributed by atoms with van der Waals surface area (Å²) in [5.41, 5.74) is 0. The van der Waals surface area contributed by atoms with Crippen LogP contribution >= 0.6 is 0 Å². The van der Waals surface area contributed by atoms with E-state index < -0.39 is 0 Å². The molecule has 13 heavy (non-hydrogen) atoms. The highest BCUT2D eigenvalue weighted by Crippen LogP contribution is 1.85. The third-order valence-electron chi connectivity index (χ3n) is 1.59. The van der Waals surface area contributed by atoms with Crippen LogP contribution < -0.4 is 4.57 Å². The number of rotatable bonds is 4. The second-order valence-corrected chi connectivity index (χ2v) is 2.58. The molecule has 4 heteroatoms. The summed E-state index contributed by atoms with van der Waals surface area (Å²) in [4.78, 5) is 0. The molecule has 1 heterocycles. The molecule has 0 aromatic carbocycles. The van der Waals surface area contributed by atoms with E-state index in [1.54, 1.807) is 12.2 Å². The molecule has 0 spiro atoms. The zero-order chi connectivity index (χ0) is 9.52. The van der Waals surface area contributed by atoms with E-state index in [1.807, 2.05) is 27.9 Å². The fourth-order valence-electron chi connectivity index (χ4n) is 0.992. The van der Waals surface area contributed by atoms with E-state index in [0.29, 0.717) is 13.1 Å². The van der Waals surface area contributed by atoms with Gasteiger partial charge >= 0.3 is 0 Å². The number of aliphatic hydroxyl groups excluding tert-OH is 2. The molecule has 1 aromatic heterocycles. The number of aliphatic hydroxyl groups is 2. The molecule has 0 bridgehead atoms. The third kappa shape index (κ3) is 3.02. The topological polar surface area (TPSA) is 49.3 Å². The summed E-state index contributed by atoms with van der Waals surface area (Å²) >= 11 is 0. The fourth-order valence-corrected chi connectivity index (χ4v) is 0.992. The number of hydrogen-bond donors (Lipinski definition) is 2. The summed E-state index contributed by atoms with van der Waals surface area (Å²) in [5.74, 6) is 0. The van der Waals surface area contributed by atoms with Crippen LogP contribution in [0, 0.1) is 0 Å². The highest BCUT2D eigenvalue weighted by atomic mass is 16.2. The number of hydrogen-bond acceptors (Lipinski definition) is 2. The van der Waals surface area contributed by atoms with Gasteiger partial charge in [-0.2, -0.15) is 0 Å². The van der Waals surface area contributed by atoms with E-state index in [9.17, 15) is 0 Å². The van der Waals surface area contributed by atoms with Gasteiger partial charge in [0, 0.05) is 0 Å². The van der Waals surface area contributed by atoms with Crippen molar-refractivity contribution in [3.63, 3.8) is 0 Å². The summed E-state index contributed by atoms with van der Waals surface area (Å²) in [5, 5.41) is 16.9. The predicted molar refractivity (Wildman–Crippen MR) is 48.2 cm³/mol. The SMILES string of the molecule is OC=CCn1cc[n+](CC=CO)c1. The lowest BCUT2D eigenvalue weighted by Crippen LogP contribution is -2.29. The highest BCUT2D eigenvalue weighted by Gasteiger charge is 1.98. The van der Waals surface area contributed by atoms with E-state index in [-0.39, 0.29) is 0 Å². The van der Waals surface area contributed by atoms with Gasteiger partial charge in [0.2, 0.25) is 6.33 Å². The Kier molecular flexibility index (Phi) is 3.63. The first-order valence-corrected chi connectivity index (χ1v) is 4.00. The van der Waals surface area contributed by atoms with Gasteiger partial charge in [-0.05, 0) is 12.2 Å².